The first-order valence-electron chi connectivity index (χ1n) is 6.41. The number of hydrogen-bond acceptors (Lipinski definition) is 3. The van der Waals surface area contributed by atoms with Gasteiger partial charge in [-0.3, -0.25) is 0 Å². The number of aryl methyl sites for hydroxylation is 1. The van der Waals surface area contributed by atoms with Crippen LogP contribution in [0.25, 0.3) is 0 Å². The van der Waals surface area contributed by atoms with Gasteiger partial charge in [0.05, 0.1) is 10.6 Å². The minimum atomic E-state index is -3.59. The molecule has 1 atom stereocenters. The maximum Gasteiger partial charge on any atom is 0.243 e. The fraction of sp³-hybridized carbons (Fsp3) is 0.538. The fourth-order valence-corrected chi connectivity index (χ4v) is 4.30. The first-order valence-corrected chi connectivity index (χ1v) is 7.85. The van der Waals surface area contributed by atoms with Crippen LogP contribution in [0.3, 0.4) is 0 Å². The van der Waals surface area contributed by atoms with E-state index in [2.05, 4.69) is 0 Å². The molecule has 6 heteroatoms. The van der Waals surface area contributed by atoms with Crippen molar-refractivity contribution in [2.24, 2.45) is 0 Å². The minimum Gasteiger partial charge on any atom is -0.396 e. The summed E-state index contributed by atoms with van der Waals surface area (Å²) in [5, 5.41) is 0. The Morgan fingerprint density at radius 2 is 2.05 bits per heavy atom. The third-order valence-electron chi connectivity index (χ3n) is 3.60. The third kappa shape index (κ3) is 2.60. The van der Waals surface area contributed by atoms with Gasteiger partial charge >= 0.3 is 0 Å². The molecule has 1 saturated heterocycles. The maximum absolute atomic E-state index is 13.5. The number of benzene rings is 1. The van der Waals surface area contributed by atoms with E-state index in [1.54, 1.807) is 0 Å². The van der Waals surface area contributed by atoms with E-state index in [1.807, 2.05) is 6.92 Å². The van der Waals surface area contributed by atoms with Crippen LogP contribution in [0.5, 0.6) is 0 Å². The number of piperidine rings is 1. The predicted octanol–water partition coefficient (Wildman–Crippen LogP) is 2.28. The molecular formula is C13H19FN2O2S. The maximum atomic E-state index is 13.5. The van der Waals surface area contributed by atoms with Crippen molar-refractivity contribution in [3.63, 3.8) is 0 Å². The molecule has 0 saturated carbocycles. The zero-order valence-electron chi connectivity index (χ0n) is 11.2. The molecule has 19 heavy (non-hydrogen) atoms. The van der Waals surface area contributed by atoms with Crippen LogP contribution in [0.2, 0.25) is 0 Å². The summed E-state index contributed by atoms with van der Waals surface area (Å²) in [4.78, 5) is 0.0812. The Bertz CT molecular complexity index is 563. The van der Waals surface area contributed by atoms with Gasteiger partial charge in [-0.15, -0.1) is 0 Å². The molecule has 0 aromatic heterocycles. The number of anilines is 1. The van der Waals surface area contributed by atoms with Gasteiger partial charge in [-0.2, -0.15) is 4.31 Å². The van der Waals surface area contributed by atoms with Crippen LogP contribution in [0, 0.1) is 12.7 Å². The molecule has 1 fully saturated rings. The van der Waals surface area contributed by atoms with E-state index in [9.17, 15) is 12.8 Å². The van der Waals surface area contributed by atoms with Gasteiger partial charge in [-0.1, -0.05) is 6.42 Å². The average Bonchev–Trinajstić information content (AvgIpc) is 2.35. The van der Waals surface area contributed by atoms with E-state index >= 15 is 0 Å². The molecule has 0 radical (unpaired) electrons. The predicted molar refractivity (Wildman–Crippen MR) is 72.8 cm³/mol. The SMILES string of the molecule is Cc1cc(S(=O)(=O)N2CCCCC2C)cc(N)c1F. The van der Waals surface area contributed by atoms with Crippen molar-refractivity contribution in [1.82, 2.24) is 4.31 Å². The van der Waals surface area contributed by atoms with E-state index in [1.165, 1.54) is 23.4 Å². The molecule has 106 valence electrons. The van der Waals surface area contributed by atoms with Crippen LogP contribution in [0.1, 0.15) is 31.7 Å². The fourth-order valence-electron chi connectivity index (χ4n) is 2.48. The highest BCUT2D eigenvalue weighted by atomic mass is 32.2. The average molecular weight is 286 g/mol. The van der Waals surface area contributed by atoms with Crippen molar-refractivity contribution in [3.8, 4) is 0 Å². The lowest BCUT2D eigenvalue weighted by Crippen LogP contribution is -2.41. The summed E-state index contributed by atoms with van der Waals surface area (Å²) in [7, 11) is -3.59. The summed E-state index contributed by atoms with van der Waals surface area (Å²) < 4.78 is 40.1. The van der Waals surface area contributed by atoms with Crippen molar-refractivity contribution in [2.45, 2.75) is 44.0 Å². The van der Waals surface area contributed by atoms with E-state index in [4.69, 9.17) is 5.73 Å². The summed E-state index contributed by atoms with van der Waals surface area (Å²) in [5.74, 6) is -0.550. The van der Waals surface area contributed by atoms with E-state index in [-0.39, 0.29) is 22.2 Å². The summed E-state index contributed by atoms with van der Waals surface area (Å²) in [5.41, 5.74) is 5.66. The second kappa shape index (κ2) is 5.09. The molecule has 1 unspecified atom stereocenters. The Kier molecular flexibility index (Phi) is 3.82. The van der Waals surface area contributed by atoms with Crippen LogP contribution in [0.4, 0.5) is 10.1 Å². The number of rotatable bonds is 2. The lowest BCUT2D eigenvalue weighted by molar-refractivity contribution is 0.268. The van der Waals surface area contributed by atoms with Gasteiger partial charge in [0.15, 0.2) is 0 Å². The molecule has 1 heterocycles. The topological polar surface area (TPSA) is 63.4 Å². The monoisotopic (exact) mass is 286 g/mol. The first kappa shape index (κ1) is 14.3. The zero-order valence-corrected chi connectivity index (χ0v) is 12.0. The van der Waals surface area contributed by atoms with Crippen molar-refractivity contribution in [3.05, 3.63) is 23.5 Å². The van der Waals surface area contributed by atoms with Gasteiger partial charge in [0.25, 0.3) is 0 Å². The molecule has 0 spiro atoms. The van der Waals surface area contributed by atoms with Gasteiger partial charge in [0, 0.05) is 12.6 Å². The summed E-state index contributed by atoms with van der Waals surface area (Å²) in [6.45, 7) is 3.93. The Morgan fingerprint density at radius 1 is 1.37 bits per heavy atom. The molecule has 1 aromatic rings. The normalized spacial score (nSPS) is 21.5. The van der Waals surface area contributed by atoms with Gasteiger partial charge in [-0.05, 0) is 44.4 Å². The molecule has 0 amide bonds. The number of nitrogen functional groups attached to an aromatic ring is 1. The smallest absolute Gasteiger partial charge is 0.243 e. The van der Waals surface area contributed by atoms with Crippen LogP contribution in [-0.4, -0.2) is 25.3 Å². The summed E-state index contributed by atoms with van der Waals surface area (Å²) >= 11 is 0. The first-order chi connectivity index (χ1) is 8.84. The minimum absolute atomic E-state index is 0.0228. The van der Waals surface area contributed by atoms with Crippen LogP contribution in [0.15, 0.2) is 17.0 Å². The number of halogens is 1. The van der Waals surface area contributed by atoms with E-state index in [0.717, 1.165) is 19.3 Å². The summed E-state index contributed by atoms with van der Waals surface area (Å²) in [6.07, 6.45) is 2.76. The summed E-state index contributed by atoms with van der Waals surface area (Å²) in [6, 6.07) is 2.53. The molecular weight excluding hydrogens is 267 g/mol. The van der Waals surface area contributed by atoms with Crippen LogP contribution >= 0.6 is 0 Å². The van der Waals surface area contributed by atoms with Crippen LogP contribution < -0.4 is 5.73 Å². The standard InChI is InChI=1S/C13H19FN2O2S/c1-9-7-11(8-12(15)13(9)14)19(17,18)16-6-4-3-5-10(16)2/h7-8,10H,3-6,15H2,1-2H3. The highest BCUT2D eigenvalue weighted by Crippen LogP contribution is 2.28. The molecule has 4 nitrogen and oxygen atoms in total. The van der Waals surface area contributed by atoms with E-state index < -0.39 is 15.8 Å². The van der Waals surface area contributed by atoms with Crippen LogP contribution in [-0.2, 0) is 10.0 Å². The van der Waals surface area contributed by atoms with E-state index in [0.29, 0.717) is 6.54 Å². The second-order valence-electron chi connectivity index (χ2n) is 5.10. The number of nitrogens with two attached hydrogens (primary N) is 1. The molecule has 1 aliphatic heterocycles. The van der Waals surface area contributed by atoms with Crippen molar-refractivity contribution < 1.29 is 12.8 Å². The highest BCUT2D eigenvalue weighted by molar-refractivity contribution is 7.89. The van der Waals surface area contributed by atoms with Crippen molar-refractivity contribution >= 4 is 15.7 Å². The Balaban J connectivity index is 2.44. The molecule has 1 aromatic carbocycles. The largest absolute Gasteiger partial charge is 0.396 e. The lowest BCUT2D eigenvalue weighted by Gasteiger charge is -2.32. The Morgan fingerprint density at radius 3 is 2.63 bits per heavy atom. The van der Waals surface area contributed by atoms with Gasteiger partial charge in [-0.25, -0.2) is 12.8 Å². The quantitative estimate of drug-likeness (QED) is 0.848. The Labute approximate surface area is 113 Å². The van der Waals surface area contributed by atoms with Crippen molar-refractivity contribution in [1.29, 1.82) is 0 Å². The number of sulfonamides is 1. The Hall–Kier alpha value is -1.14. The zero-order chi connectivity index (χ0) is 14.2. The third-order valence-corrected chi connectivity index (χ3v) is 5.60. The second-order valence-corrected chi connectivity index (χ2v) is 6.99. The number of hydrogen-bond donors (Lipinski definition) is 1. The van der Waals surface area contributed by atoms with Gasteiger partial charge < -0.3 is 5.73 Å². The van der Waals surface area contributed by atoms with Gasteiger partial charge in [0.2, 0.25) is 10.0 Å². The molecule has 0 bridgehead atoms. The lowest BCUT2D eigenvalue weighted by atomic mass is 10.1. The highest BCUT2D eigenvalue weighted by Gasteiger charge is 2.31. The molecule has 2 rings (SSSR count). The number of nitrogens with zero attached hydrogens (tertiary/aromatic N) is 1. The molecule has 2 N–H and O–H groups in total. The molecule has 1 aliphatic rings. The van der Waals surface area contributed by atoms with Crippen molar-refractivity contribution in [2.75, 3.05) is 12.3 Å². The van der Waals surface area contributed by atoms with Gasteiger partial charge in [0.1, 0.15) is 5.82 Å². The molecule has 0 aliphatic carbocycles.